The molecule has 2 N–H and O–H groups in total. The molecule has 0 spiro atoms. The Morgan fingerprint density at radius 1 is 1.29 bits per heavy atom. The fourth-order valence-corrected chi connectivity index (χ4v) is 3.24. The summed E-state index contributed by atoms with van der Waals surface area (Å²) in [5.74, 6) is -0.908. The molecule has 6 heteroatoms. The van der Waals surface area contributed by atoms with E-state index in [2.05, 4.69) is 5.32 Å². The Bertz CT molecular complexity index is 551. The molecule has 2 rings (SSSR count). The van der Waals surface area contributed by atoms with Gasteiger partial charge >= 0.3 is 12.1 Å². The topological polar surface area (TPSA) is 49.3 Å². The fourth-order valence-electron chi connectivity index (χ4n) is 3.24. The van der Waals surface area contributed by atoms with Crippen LogP contribution in [0.3, 0.4) is 0 Å². The molecule has 1 aromatic carbocycles. The van der Waals surface area contributed by atoms with E-state index in [1.54, 1.807) is 6.07 Å². The van der Waals surface area contributed by atoms with Gasteiger partial charge in [0, 0.05) is 6.04 Å². The minimum atomic E-state index is -4.31. The van der Waals surface area contributed by atoms with Gasteiger partial charge in [-0.3, -0.25) is 4.79 Å². The molecule has 1 fully saturated rings. The molecule has 0 heterocycles. The molecule has 1 unspecified atom stereocenters. The second-order valence-corrected chi connectivity index (χ2v) is 6.65. The Morgan fingerprint density at radius 3 is 2.54 bits per heavy atom. The van der Waals surface area contributed by atoms with Crippen LogP contribution in [0.15, 0.2) is 24.3 Å². The number of benzene rings is 1. The first-order valence-electron chi connectivity index (χ1n) is 8.40. The van der Waals surface area contributed by atoms with Crippen LogP contribution in [0.25, 0.3) is 0 Å². The molecule has 0 aromatic heterocycles. The van der Waals surface area contributed by atoms with Crippen LogP contribution >= 0.6 is 0 Å². The lowest BCUT2D eigenvalue weighted by molar-refractivity contribution is -0.143. The van der Waals surface area contributed by atoms with Crippen LogP contribution in [0.4, 0.5) is 13.2 Å². The molecule has 0 saturated heterocycles. The van der Waals surface area contributed by atoms with Crippen LogP contribution in [0.1, 0.15) is 56.1 Å². The highest BCUT2D eigenvalue weighted by atomic mass is 19.4. The molecule has 24 heavy (non-hydrogen) atoms. The summed E-state index contributed by atoms with van der Waals surface area (Å²) in [4.78, 5) is 10.9. The summed E-state index contributed by atoms with van der Waals surface area (Å²) in [6.07, 6.45) is -0.493. The smallest absolute Gasteiger partial charge is 0.416 e. The van der Waals surface area contributed by atoms with Gasteiger partial charge in [-0.2, -0.15) is 13.2 Å². The van der Waals surface area contributed by atoms with Crippen molar-refractivity contribution in [3.05, 3.63) is 35.4 Å². The third-order valence-electron chi connectivity index (χ3n) is 4.87. The van der Waals surface area contributed by atoms with Gasteiger partial charge in [0.05, 0.1) is 11.5 Å². The SMILES string of the molecule is CC(CCNC1CCC(C(=O)O)CC1)c1cccc(C(F)(F)F)c1. The molecule has 0 bridgehead atoms. The van der Waals surface area contributed by atoms with E-state index in [0.29, 0.717) is 24.4 Å². The van der Waals surface area contributed by atoms with E-state index in [4.69, 9.17) is 5.11 Å². The van der Waals surface area contributed by atoms with E-state index in [-0.39, 0.29) is 11.8 Å². The van der Waals surface area contributed by atoms with E-state index in [1.165, 1.54) is 12.1 Å². The molecule has 3 nitrogen and oxygen atoms in total. The van der Waals surface area contributed by atoms with Crippen LogP contribution in [-0.2, 0) is 11.0 Å². The quantitative estimate of drug-likeness (QED) is 0.803. The lowest BCUT2D eigenvalue weighted by Gasteiger charge is -2.27. The number of carboxylic acid groups (broad SMARTS) is 1. The summed E-state index contributed by atoms with van der Waals surface area (Å²) in [5.41, 5.74) is 0.0908. The number of carboxylic acids is 1. The minimum Gasteiger partial charge on any atom is -0.481 e. The average molecular weight is 343 g/mol. The van der Waals surface area contributed by atoms with E-state index >= 15 is 0 Å². The van der Waals surface area contributed by atoms with Crippen molar-refractivity contribution >= 4 is 5.97 Å². The first-order chi connectivity index (χ1) is 11.3. The molecule has 1 aliphatic rings. The zero-order valence-corrected chi connectivity index (χ0v) is 13.8. The van der Waals surface area contributed by atoms with Gasteiger partial charge in [-0.25, -0.2) is 0 Å². The van der Waals surface area contributed by atoms with Gasteiger partial charge in [0.1, 0.15) is 0 Å². The predicted octanol–water partition coefficient (Wildman–Crippen LogP) is 4.43. The lowest BCUT2D eigenvalue weighted by Crippen LogP contribution is -2.35. The zero-order valence-electron chi connectivity index (χ0n) is 13.8. The largest absolute Gasteiger partial charge is 0.481 e. The molecule has 0 radical (unpaired) electrons. The van der Waals surface area contributed by atoms with E-state index < -0.39 is 17.7 Å². The third-order valence-corrected chi connectivity index (χ3v) is 4.87. The number of hydrogen-bond acceptors (Lipinski definition) is 2. The number of halogens is 3. The van der Waals surface area contributed by atoms with Gasteiger partial charge in [0.25, 0.3) is 0 Å². The first-order valence-corrected chi connectivity index (χ1v) is 8.40. The van der Waals surface area contributed by atoms with Gasteiger partial charge in [-0.05, 0) is 56.2 Å². The zero-order chi connectivity index (χ0) is 17.7. The summed E-state index contributed by atoms with van der Waals surface area (Å²) in [5, 5.41) is 12.4. The second-order valence-electron chi connectivity index (χ2n) is 6.65. The van der Waals surface area contributed by atoms with Crippen LogP contribution in [0, 0.1) is 5.92 Å². The Balaban J connectivity index is 1.78. The Labute approximate surface area is 140 Å². The van der Waals surface area contributed by atoms with Crippen molar-refractivity contribution < 1.29 is 23.1 Å². The number of rotatable bonds is 6. The summed E-state index contributed by atoms with van der Waals surface area (Å²) < 4.78 is 38.3. The van der Waals surface area contributed by atoms with Crippen molar-refractivity contribution in [1.82, 2.24) is 5.32 Å². The summed E-state index contributed by atoms with van der Waals surface area (Å²) in [6.45, 7) is 2.65. The Hall–Kier alpha value is -1.56. The van der Waals surface area contributed by atoms with E-state index in [1.807, 2.05) is 6.92 Å². The molecule has 0 amide bonds. The minimum absolute atomic E-state index is 0.0372. The summed E-state index contributed by atoms with van der Waals surface area (Å²) >= 11 is 0. The monoisotopic (exact) mass is 343 g/mol. The van der Waals surface area contributed by atoms with Crippen molar-refractivity contribution in [1.29, 1.82) is 0 Å². The third kappa shape index (κ3) is 5.23. The Kier molecular flexibility index (Phi) is 6.27. The number of carbonyl (C=O) groups is 1. The highest BCUT2D eigenvalue weighted by molar-refractivity contribution is 5.70. The normalized spacial score (nSPS) is 23.0. The highest BCUT2D eigenvalue weighted by Gasteiger charge is 2.30. The van der Waals surface area contributed by atoms with Crippen molar-refractivity contribution in [3.63, 3.8) is 0 Å². The van der Waals surface area contributed by atoms with Crippen LogP contribution in [0.2, 0.25) is 0 Å². The van der Waals surface area contributed by atoms with Crippen LogP contribution < -0.4 is 5.32 Å². The molecule has 134 valence electrons. The number of hydrogen-bond donors (Lipinski definition) is 2. The number of alkyl halides is 3. The maximum Gasteiger partial charge on any atom is 0.416 e. The van der Waals surface area contributed by atoms with Gasteiger partial charge < -0.3 is 10.4 Å². The maximum atomic E-state index is 12.8. The fraction of sp³-hybridized carbons (Fsp3) is 0.611. The molecule has 1 saturated carbocycles. The summed E-state index contributed by atoms with van der Waals surface area (Å²) in [7, 11) is 0. The highest BCUT2D eigenvalue weighted by Crippen LogP contribution is 2.31. The van der Waals surface area contributed by atoms with Gasteiger partial charge in [0.15, 0.2) is 0 Å². The maximum absolute atomic E-state index is 12.8. The van der Waals surface area contributed by atoms with Crippen LogP contribution in [0.5, 0.6) is 0 Å². The van der Waals surface area contributed by atoms with Gasteiger partial charge in [-0.15, -0.1) is 0 Å². The van der Waals surface area contributed by atoms with Crippen LogP contribution in [-0.4, -0.2) is 23.7 Å². The van der Waals surface area contributed by atoms with Crippen molar-refractivity contribution in [2.45, 2.75) is 57.2 Å². The molecular weight excluding hydrogens is 319 g/mol. The first kappa shape index (κ1) is 18.8. The van der Waals surface area contributed by atoms with Gasteiger partial charge in [-0.1, -0.05) is 25.1 Å². The van der Waals surface area contributed by atoms with Crippen molar-refractivity contribution in [2.24, 2.45) is 5.92 Å². The van der Waals surface area contributed by atoms with Crippen molar-refractivity contribution in [3.8, 4) is 0 Å². The number of nitrogens with one attached hydrogen (secondary N) is 1. The predicted molar refractivity (Wildman–Crippen MR) is 85.9 cm³/mol. The lowest BCUT2D eigenvalue weighted by atomic mass is 9.86. The van der Waals surface area contributed by atoms with E-state index in [0.717, 1.165) is 31.9 Å². The van der Waals surface area contributed by atoms with Gasteiger partial charge in [0.2, 0.25) is 0 Å². The Morgan fingerprint density at radius 2 is 1.96 bits per heavy atom. The second kappa shape index (κ2) is 8.01. The molecule has 1 aromatic rings. The molecule has 1 atom stereocenters. The average Bonchev–Trinajstić information content (AvgIpc) is 2.54. The van der Waals surface area contributed by atoms with Crippen molar-refractivity contribution in [2.75, 3.05) is 6.54 Å². The number of aliphatic carboxylic acids is 1. The van der Waals surface area contributed by atoms with E-state index in [9.17, 15) is 18.0 Å². The molecule has 0 aliphatic heterocycles. The molecular formula is C18H24F3NO2. The summed E-state index contributed by atoms with van der Waals surface area (Å²) in [6, 6.07) is 5.82. The standard InChI is InChI=1S/C18H24F3NO2/c1-12(14-3-2-4-15(11-14)18(19,20)21)9-10-22-16-7-5-13(6-8-16)17(23)24/h2-4,11-13,16,22H,5-10H2,1H3,(H,23,24). The molecule has 1 aliphatic carbocycles.